The van der Waals surface area contributed by atoms with Gasteiger partial charge in [-0.15, -0.1) is 17.2 Å². The largest absolute Gasteiger partial charge is 0.122 e. The third-order valence-corrected chi connectivity index (χ3v) is 7.33. The Balaban J connectivity index is 2.15. The first kappa shape index (κ1) is 16.9. The summed E-state index contributed by atoms with van der Waals surface area (Å²) in [5.74, 6) is 2.23. The van der Waals surface area contributed by atoms with Crippen molar-refractivity contribution in [3.8, 4) is 0 Å². The van der Waals surface area contributed by atoms with E-state index in [0.717, 1.165) is 11.8 Å². The van der Waals surface area contributed by atoms with Gasteiger partial charge < -0.3 is 0 Å². The average Bonchev–Trinajstić information content (AvgIpc) is 2.41. The molecule has 108 valence electrons. The molecule has 0 aromatic heterocycles. The predicted octanol–water partition coefficient (Wildman–Crippen LogP) is 5.75. The summed E-state index contributed by atoms with van der Waals surface area (Å²) < 4.78 is 0. The molecule has 18 heavy (non-hydrogen) atoms. The van der Waals surface area contributed by atoms with Gasteiger partial charge in [0.15, 0.2) is 0 Å². The highest BCUT2D eigenvalue weighted by Gasteiger charge is 2.23. The topological polar surface area (TPSA) is 0 Å². The summed E-state index contributed by atoms with van der Waals surface area (Å²) in [6, 6.07) is 0. The zero-order valence-corrected chi connectivity index (χ0v) is 14.6. The summed E-state index contributed by atoms with van der Waals surface area (Å²) in [7, 11) is 2.53. The highest BCUT2D eigenvalue weighted by molar-refractivity contribution is 7.38. The number of hydrogen-bond donors (Lipinski definition) is 0. The molecule has 0 aromatic carbocycles. The standard InChI is InChI=1S/C16H34P2/c1-3-5-11-17-13-15-9-7-8-10-16(15)14-18-12-6-4-2/h15-18H,3-14H2,1-2H3/t15-,16+. The van der Waals surface area contributed by atoms with E-state index < -0.39 is 0 Å². The van der Waals surface area contributed by atoms with E-state index in [1.807, 2.05) is 0 Å². The summed E-state index contributed by atoms with van der Waals surface area (Å²) in [5, 5.41) is 0. The Kier molecular flexibility index (Phi) is 11.0. The van der Waals surface area contributed by atoms with Crippen LogP contribution in [0.1, 0.15) is 65.2 Å². The maximum absolute atomic E-state index is 2.32. The van der Waals surface area contributed by atoms with Crippen LogP contribution in [0.5, 0.6) is 0 Å². The van der Waals surface area contributed by atoms with Crippen LogP contribution in [-0.2, 0) is 0 Å². The van der Waals surface area contributed by atoms with Crippen molar-refractivity contribution >= 4 is 17.2 Å². The molecule has 0 bridgehead atoms. The monoisotopic (exact) mass is 288 g/mol. The van der Waals surface area contributed by atoms with Crippen LogP contribution in [0.25, 0.3) is 0 Å². The minimum absolute atomic E-state index is 1.11. The van der Waals surface area contributed by atoms with Gasteiger partial charge >= 0.3 is 0 Å². The molecule has 2 heteroatoms. The van der Waals surface area contributed by atoms with Crippen molar-refractivity contribution in [2.45, 2.75) is 65.2 Å². The van der Waals surface area contributed by atoms with Gasteiger partial charge in [0.2, 0.25) is 0 Å². The lowest BCUT2D eigenvalue weighted by Gasteiger charge is -2.31. The first-order valence-corrected chi connectivity index (χ1v) is 11.1. The fourth-order valence-electron chi connectivity index (χ4n) is 3.00. The van der Waals surface area contributed by atoms with Crippen molar-refractivity contribution in [3.05, 3.63) is 0 Å². The van der Waals surface area contributed by atoms with E-state index in [1.54, 1.807) is 25.2 Å². The molecule has 0 N–H and O–H groups in total. The Morgan fingerprint density at radius 3 is 1.61 bits per heavy atom. The zero-order valence-electron chi connectivity index (χ0n) is 12.6. The maximum atomic E-state index is 2.32. The van der Waals surface area contributed by atoms with Gasteiger partial charge in [0.25, 0.3) is 0 Å². The Bertz CT molecular complexity index is 162. The minimum Gasteiger partial charge on any atom is -0.122 e. The molecule has 0 amide bonds. The molecule has 0 radical (unpaired) electrons. The Hall–Kier alpha value is 0.860. The normalized spacial score (nSPS) is 25.7. The molecule has 0 aliphatic heterocycles. The van der Waals surface area contributed by atoms with E-state index in [-0.39, 0.29) is 0 Å². The van der Waals surface area contributed by atoms with Crippen LogP contribution in [0.4, 0.5) is 0 Å². The van der Waals surface area contributed by atoms with Crippen LogP contribution < -0.4 is 0 Å². The number of hydrogen-bond acceptors (Lipinski definition) is 0. The zero-order chi connectivity index (χ0) is 13.1. The molecule has 0 nitrogen and oxygen atoms in total. The van der Waals surface area contributed by atoms with Gasteiger partial charge in [0, 0.05) is 0 Å². The van der Waals surface area contributed by atoms with E-state index >= 15 is 0 Å². The number of rotatable bonds is 10. The fourth-order valence-corrected chi connectivity index (χ4v) is 6.43. The Labute approximate surface area is 119 Å². The van der Waals surface area contributed by atoms with Crippen LogP contribution >= 0.6 is 17.2 Å². The van der Waals surface area contributed by atoms with Crippen LogP contribution in [-0.4, -0.2) is 24.6 Å². The lowest BCUT2D eigenvalue weighted by atomic mass is 9.81. The summed E-state index contributed by atoms with van der Waals surface area (Å²) in [6.07, 6.45) is 18.0. The number of unbranched alkanes of at least 4 members (excludes halogenated alkanes) is 2. The van der Waals surface area contributed by atoms with Gasteiger partial charge in [-0.3, -0.25) is 0 Å². The molecular formula is C16H34P2. The lowest BCUT2D eigenvalue weighted by Crippen LogP contribution is -2.23. The van der Waals surface area contributed by atoms with Gasteiger partial charge in [0.05, 0.1) is 0 Å². The molecule has 0 saturated heterocycles. The molecule has 4 atom stereocenters. The van der Waals surface area contributed by atoms with E-state index in [0.29, 0.717) is 0 Å². The molecule has 1 saturated carbocycles. The molecule has 0 spiro atoms. The first-order chi connectivity index (χ1) is 8.88. The lowest BCUT2D eigenvalue weighted by molar-refractivity contribution is 0.285. The maximum Gasteiger partial charge on any atom is -0.0322 e. The predicted molar refractivity (Wildman–Crippen MR) is 91.4 cm³/mol. The van der Waals surface area contributed by atoms with Crippen molar-refractivity contribution in [1.82, 2.24) is 0 Å². The molecule has 1 fully saturated rings. The molecule has 1 rings (SSSR count). The van der Waals surface area contributed by atoms with E-state index in [1.165, 1.54) is 68.0 Å². The van der Waals surface area contributed by atoms with Crippen LogP contribution in [0.2, 0.25) is 0 Å². The molecule has 0 aromatic rings. The smallest absolute Gasteiger partial charge is 0.0322 e. The van der Waals surface area contributed by atoms with Crippen molar-refractivity contribution in [2.75, 3.05) is 24.6 Å². The summed E-state index contributed by atoms with van der Waals surface area (Å²) in [4.78, 5) is 0. The molecule has 0 heterocycles. The van der Waals surface area contributed by atoms with E-state index in [9.17, 15) is 0 Å². The summed E-state index contributed by atoms with van der Waals surface area (Å²) in [6.45, 7) is 4.64. The second-order valence-electron chi connectivity index (χ2n) is 5.92. The highest BCUT2D eigenvalue weighted by Crippen LogP contribution is 2.37. The second kappa shape index (κ2) is 11.7. The van der Waals surface area contributed by atoms with Crippen LogP contribution in [0.3, 0.4) is 0 Å². The van der Waals surface area contributed by atoms with Gasteiger partial charge in [-0.1, -0.05) is 39.5 Å². The summed E-state index contributed by atoms with van der Waals surface area (Å²) >= 11 is 0. The van der Waals surface area contributed by atoms with Crippen LogP contribution in [0.15, 0.2) is 0 Å². The molecule has 2 unspecified atom stereocenters. The SMILES string of the molecule is CCCCPC[C@H]1CCCC[C@H]1CPCCCC. The third kappa shape index (κ3) is 7.45. The van der Waals surface area contributed by atoms with Gasteiger partial charge in [-0.25, -0.2) is 0 Å². The third-order valence-electron chi connectivity index (χ3n) is 4.29. The Morgan fingerprint density at radius 1 is 0.778 bits per heavy atom. The van der Waals surface area contributed by atoms with Gasteiger partial charge in [-0.2, -0.15) is 0 Å². The molecular weight excluding hydrogens is 254 g/mol. The van der Waals surface area contributed by atoms with E-state index in [2.05, 4.69) is 13.8 Å². The van der Waals surface area contributed by atoms with E-state index in [4.69, 9.17) is 0 Å². The van der Waals surface area contributed by atoms with Crippen LogP contribution in [0, 0.1) is 11.8 Å². The first-order valence-electron chi connectivity index (χ1n) is 8.29. The average molecular weight is 288 g/mol. The van der Waals surface area contributed by atoms with Gasteiger partial charge in [0.1, 0.15) is 0 Å². The quantitative estimate of drug-likeness (QED) is 0.354. The minimum atomic E-state index is 1.11. The fraction of sp³-hybridized carbons (Fsp3) is 1.00. The van der Waals surface area contributed by atoms with Crippen molar-refractivity contribution in [2.24, 2.45) is 11.8 Å². The second-order valence-corrected chi connectivity index (χ2v) is 8.74. The molecule has 1 aliphatic rings. The van der Waals surface area contributed by atoms with Crippen molar-refractivity contribution in [1.29, 1.82) is 0 Å². The Morgan fingerprint density at radius 2 is 1.22 bits per heavy atom. The van der Waals surface area contributed by atoms with Crippen molar-refractivity contribution < 1.29 is 0 Å². The van der Waals surface area contributed by atoms with Crippen molar-refractivity contribution in [3.63, 3.8) is 0 Å². The summed E-state index contributed by atoms with van der Waals surface area (Å²) in [5.41, 5.74) is 0. The van der Waals surface area contributed by atoms with Gasteiger partial charge in [-0.05, 0) is 62.2 Å². The molecule has 1 aliphatic carbocycles. The highest BCUT2D eigenvalue weighted by atomic mass is 31.1.